The number of hydrogen-bond acceptors (Lipinski definition) is 7. The summed E-state index contributed by atoms with van der Waals surface area (Å²) in [6, 6.07) is 2.35. The van der Waals surface area contributed by atoms with Gasteiger partial charge in [0.1, 0.15) is 16.4 Å². The van der Waals surface area contributed by atoms with Gasteiger partial charge in [0, 0.05) is 18.0 Å². The molecule has 1 aliphatic rings. The van der Waals surface area contributed by atoms with E-state index in [9.17, 15) is 18.0 Å². The van der Waals surface area contributed by atoms with E-state index in [1.165, 1.54) is 23.2 Å². The molecule has 0 radical (unpaired) electrons. The third-order valence-corrected chi connectivity index (χ3v) is 5.77. The molecule has 4 rings (SSSR count). The lowest BCUT2D eigenvalue weighted by Gasteiger charge is -2.26. The molecule has 0 bridgehead atoms. The first-order valence-electron chi connectivity index (χ1n) is 8.81. The molecule has 0 saturated carbocycles. The van der Waals surface area contributed by atoms with E-state index in [4.69, 9.17) is 11.6 Å². The second-order valence-electron chi connectivity index (χ2n) is 6.48. The molecule has 0 fully saturated rings. The van der Waals surface area contributed by atoms with Gasteiger partial charge in [0.2, 0.25) is 5.95 Å². The highest BCUT2D eigenvalue weighted by atomic mass is 35.5. The molecule has 156 valence electrons. The summed E-state index contributed by atoms with van der Waals surface area (Å²) in [5.41, 5.74) is 1.19. The largest absolute Gasteiger partial charge is 0.425 e. The Bertz CT molecular complexity index is 1140. The highest BCUT2D eigenvalue weighted by molar-refractivity contribution is 7.12. The van der Waals surface area contributed by atoms with E-state index in [0.29, 0.717) is 40.9 Å². The van der Waals surface area contributed by atoms with Crippen molar-refractivity contribution in [3.63, 3.8) is 0 Å². The standard InChI is InChI=1S/C18H14ClF3N6OS/c19-15-8-23-13(7-24-15)11-3-5-27(6-4-11)16-25-10-28(17(29)26-16)9-12-1-2-14(30-12)18(20,21)22/h1-3,7-8,10H,4-6,9H2. The average Bonchev–Trinajstić information content (AvgIpc) is 3.20. The molecule has 0 unspecified atom stereocenters. The first-order valence-corrected chi connectivity index (χ1v) is 10.0. The first-order chi connectivity index (χ1) is 14.3. The van der Waals surface area contributed by atoms with Gasteiger partial charge in [-0.25, -0.2) is 14.8 Å². The van der Waals surface area contributed by atoms with Crippen LogP contribution in [0.5, 0.6) is 0 Å². The van der Waals surface area contributed by atoms with Gasteiger partial charge in [-0.2, -0.15) is 18.2 Å². The van der Waals surface area contributed by atoms with Gasteiger partial charge in [-0.3, -0.25) is 9.55 Å². The minimum atomic E-state index is -4.40. The first kappa shape index (κ1) is 20.5. The van der Waals surface area contributed by atoms with E-state index in [1.807, 2.05) is 11.0 Å². The summed E-state index contributed by atoms with van der Waals surface area (Å²) in [7, 11) is 0. The molecule has 0 saturated heterocycles. The Morgan fingerprint density at radius 3 is 2.60 bits per heavy atom. The Balaban J connectivity index is 1.45. The second kappa shape index (κ2) is 8.15. The summed E-state index contributed by atoms with van der Waals surface area (Å²) in [6.07, 6.45) is 2.63. The van der Waals surface area contributed by atoms with Crippen LogP contribution in [0.1, 0.15) is 21.9 Å². The molecule has 0 atom stereocenters. The highest BCUT2D eigenvalue weighted by Gasteiger charge is 2.32. The van der Waals surface area contributed by atoms with Crippen molar-refractivity contribution in [2.24, 2.45) is 0 Å². The van der Waals surface area contributed by atoms with Crippen molar-refractivity contribution in [1.29, 1.82) is 0 Å². The monoisotopic (exact) mass is 454 g/mol. The van der Waals surface area contributed by atoms with E-state index in [1.54, 1.807) is 6.20 Å². The van der Waals surface area contributed by atoms with Gasteiger partial charge in [-0.05, 0) is 24.1 Å². The van der Waals surface area contributed by atoms with Crippen LogP contribution in [0.3, 0.4) is 0 Å². The number of aromatic nitrogens is 5. The molecule has 0 aromatic carbocycles. The third-order valence-electron chi connectivity index (χ3n) is 4.46. The maximum absolute atomic E-state index is 12.7. The number of rotatable bonds is 4. The van der Waals surface area contributed by atoms with Crippen LogP contribution in [0.4, 0.5) is 19.1 Å². The quantitative estimate of drug-likeness (QED) is 0.600. The summed E-state index contributed by atoms with van der Waals surface area (Å²) in [6.45, 7) is 1.06. The van der Waals surface area contributed by atoms with E-state index < -0.39 is 16.7 Å². The lowest BCUT2D eigenvalue weighted by atomic mass is 10.1. The van der Waals surface area contributed by atoms with Crippen LogP contribution in [0, 0.1) is 0 Å². The van der Waals surface area contributed by atoms with Crippen molar-refractivity contribution in [2.75, 3.05) is 18.0 Å². The van der Waals surface area contributed by atoms with Crippen molar-refractivity contribution in [3.8, 4) is 0 Å². The molecular weight excluding hydrogens is 441 g/mol. The van der Waals surface area contributed by atoms with Gasteiger partial charge in [-0.1, -0.05) is 17.7 Å². The van der Waals surface area contributed by atoms with Crippen LogP contribution >= 0.6 is 22.9 Å². The van der Waals surface area contributed by atoms with Crippen LogP contribution in [0.2, 0.25) is 5.15 Å². The fraction of sp³-hybridized carbons (Fsp3) is 0.278. The summed E-state index contributed by atoms with van der Waals surface area (Å²) >= 11 is 6.35. The normalized spacial score (nSPS) is 14.7. The maximum atomic E-state index is 12.7. The fourth-order valence-electron chi connectivity index (χ4n) is 2.95. The Labute approximate surface area is 177 Å². The summed E-state index contributed by atoms with van der Waals surface area (Å²) < 4.78 is 39.4. The number of halogens is 4. The van der Waals surface area contributed by atoms with Gasteiger partial charge in [0.25, 0.3) is 0 Å². The smallest absolute Gasteiger partial charge is 0.337 e. The molecule has 12 heteroatoms. The molecule has 0 amide bonds. The van der Waals surface area contributed by atoms with E-state index >= 15 is 0 Å². The Hall–Kier alpha value is -2.79. The van der Waals surface area contributed by atoms with Gasteiger partial charge < -0.3 is 4.90 Å². The predicted octanol–water partition coefficient (Wildman–Crippen LogP) is 3.50. The highest BCUT2D eigenvalue weighted by Crippen LogP contribution is 2.34. The van der Waals surface area contributed by atoms with Gasteiger partial charge in [0.05, 0.1) is 24.6 Å². The lowest BCUT2D eigenvalue weighted by Crippen LogP contribution is -2.34. The minimum absolute atomic E-state index is 0.0147. The Kier molecular flexibility index (Phi) is 5.56. The molecular formula is C18H14ClF3N6OS. The third kappa shape index (κ3) is 4.51. The van der Waals surface area contributed by atoms with E-state index in [-0.39, 0.29) is 12.5 Å². The summed E-state index contributed by atoms with van der Waals surface area (Å²) in [5.74, 6) is 0.274. The fourth-order valence-corrected chi connectivity index (χ4v) is 3.93. The van der Waals surface area contributed by atoms with Crippen molar-refractivity contribution in [2.45, 2.75) is 19.1 Å². The molecule has 1 aliphatic heterocycles. The zero-order valence-corrected chi connectivity index (χ0v) is 16.9. The lowest BCUT2D eigenvalue weighted by molar-refractivity contribution is -0.134. The van der Waals surface area contributed by atoms with Crippen molar-refractivity contribution in [3.05, 3.63) is 68.0 Å². The molecule has 3 aromatic rings. The molecule has 0 aliphatic carbocycles. The number of nitrogens with zero attached hydrogens (tertiary/aromatic N) is 6. The minimum Gasteiger partial charge on any atom is -0.337 e. The number of alkyl halides is 3. The molecule has 0 spiro atoms. The van der Waals surface area contributed by atoms with Gasteiger partial charge >= 0.3 is 11.9 Å². The SMILES string of the molecule is O=c1nc(N2CC=C(c3cnc(Cl)cn3)CC2)ncn1Cc1ccc(C(F)(F)F)s1. The van der Waals surface area contributed by atoms with Gasteiger partial charge in [0.15, 0.2) is 0 Å². The Morgan fingerprint density at radius 1 is 1.17 bits per heavy atom. The average molecular weight is 455 g/mol. The van der Waals surface area contributed by atoms with E-state index in [0.717, 1.165) is 17.3 Å². The van der Waals surface area contributed by atoms with Crippen LogP contribution in [0.25, 0.3) is 5.57 Å². The molecule has 3 aromatic heterocycles. The van der Waals surface area contributed by atoms with Crippen LogP contribution in [-0.2, 0) is 12.7 Å². The number of anilines is 1. The molecule has 0 N–H and O–H groups in total. The molecule has 4 heterocycles. The van der Waals surface area contributed by atoms with Gasteiger partial charge in [-0.15, -0.1) is 11.3 Å². The number of hydrogen-bond donors (Lipinski definition) is 0. The van der Waals surface area contributed by atoms with Crippen molar-refractivity contribution in [1.82, 2.24) is 24.5 Å². The predicted molar refractivity (Wildman–Crippen MR) is 107 cm³/mol. The maximum Gasteiger partial charge on any atom is 0.425 e. The van der Waals surface area contributed by atoms with E-state index in [2.05, 4.69) is 19.9 Å². The van der Waals surface area contributed by atoms with Crippen LogP contribution in [-0.4, -0.2) is 37.6 Å². The number of thiophene rings is 1. The molecule has 30 heavy (non-hydrogen) atoms. The van der Waals surface area contributed by atoms with Crippen molar-refractivity contribution >= 4 is 34.5 Å². The topological polar surface area (TPSA) is 76.8 Å². The van der Waals surface area contributed by atoms with Crippen LogP contribution < -0.4 is 10.6 Å². The summed E-state index contributed by atoms with van der Waals surface area (Å²) in [4.78, 5) is 30.3. The molecule has 7 nitrogen and oxygen atoms in total. The van der Waals surface area contributed by atoms with Crippen molar-refractivity contribution < 1.29 is 13.2 Å². The zero-order valence-electron chi connectivity index (χ0n) is 15.3. The second-order valence-corrected chi connectivity index (χ2v) is 8.04. The van der Waals surface area contributed by atoms with Crippen LogP contribution in [0.15, 0.2) is 41.7 Å². The summed E-state index contributed by atoms with van der Waals surface area (Å²) in [5, 5.41) is 0.322. The zero-order chi connectivity index (χ0) is 21.3. The Morgan fingerprint density at radius 2 is 2.00 bits per heavy atom.